The minimum Gasteiger partial charge on any atom is -0.309 e. The summed E-state index contributed by atoms with van der Waals surface area (Å²) in [5.74, 6) is 1.86. The van der Waals surface area contributed by atoms with Gasteiger partial charge in [0.15, 0.2) is 17.5 Å². The van der Waals surface area contributed by atoms with Crippen LogP contribution in [0.25, 0.3) is 126 Å². The highest BCUT2D eigenvalue weighted by Gasteiger charge is 2.21. The van der Waals surface area contributed by atoms with E-state index in [2.05, 4.69) is 211 Å². The van der Waals surface area contributed by atoms with E-state index in [9.17, 15) is 0 Å². The normalized spacial score (nSPS) is 11.5. The van der Waals surface area contributed by atoms with E-state index in [0.717, 1.165) is 66.9 Å². The van der Waals surface area contributed by atoms with Crippen LogP contribution in [0.1, 0.15) is 0 Å². The molecule has 13 aromatic rings. The van der Waals surface area contributed by atoms with E-state index in [4.69, 9.17) is 15.0 Å². The number of nitrogens with zero attached hydrogens (tertiary/aromatic N) is 4. The molecule has 13 rings (SSSR count). The first-order valence-electron chi connectivity index (χ1n) is 22.9. The van der Waals surface area contributed by atoms with Crippen LogP contribution in [0.2, 0.25) is 0 Å². The van der Waals surface area contributed by atoms with Crippen LogP contribution in [0.15, 0.2) is 243 Å². The smallest absolute Gasteiger partial charge is 0.164 e. The highest BCUT2D eigenvalue weighted by Crippen LogP contribution is 2.46. The molecule has 318 valence electrons. The Bertz CT molecular complexity index is 3880. The van der Waals surface area contributed by atoms with Crippen molar-refractivity contribution < 1.29 is 0 Å². The molecule has 0 radical (unpaired) electrons. The topological polar surface area (TPSA) is 43.6 Å². The molecule has 0 aliphatic heterocycles. The van der Waals surface area contributed by atoms with E-state index in [1.165, 1.54) is 42.0 Å². The van der Waals surface area contributed by atoms with Crippen LogP contribution in [0, 0.1) is 0 Å². The molecule has 5 heteroatoms. The van der Waals surface area contributed by atoms with Crippen LogP contribution in [-0.4, -0.2) is 19.5 Å². The summed E-state index contributed by atoms with van der Waals surface area (Å²) in [5, 5.41) is 5.02. The van der Waals surface area contributed by atoms with Crippen molar-refractivity contribution in [3.8, 4) is 84.4 Å². The average Bonchev–Trinajstić information content (AvgIpc) is 3.97. The summed E-state index contributed by atoms with van der Waals surface area (Å²) >= 11 is 1.85. The minimum atomic E-state index is 0.612. The van der Waals surface area contributed by atoms with Crippen molar-refractivity contribution in [3.05, 3.63) is 243 Å². The predicted octanol–water partition coefficient (Wildman–Crippen LogP) is 17.0. The molecule has 0 saturated heterocycles. The van der Waals surface area contributed by atoms with Gasteiger partial charge in [-0.1, -0.05) is 176 Å². The summed E-state index contributed by atoms with van der Waals surface area (Å²) in [4.78, 5) is 15.8. The molecule has 0 N–H and O–H groups in total. The van der Waals surface area contributed by atoms with E-state index in [1.54, 1.807) is 0 Å². The molecule has 0 saturated carbocycles. The molecule has 0 spiro atoms. The second-order valence-electron chi connectivity index (χ2n) is 17.2. The standard InChI is InChI=1S/C63H40N4S/c1-6-18-41(19-7-1)47-36-48(42-20-8-2-9-21-42)38-49(37-47)45-30-32-51(53(39-45)63-65-61(43-22-10-3-11-23-43)64-62(66-63)44-24-12-4-13-25-44)46-31-34-57-54(40-46)60-58(68-57)35-33-56-59(60)52-28-16-17-29-55(52)67(56)50-26-14-5-15-27-50/h1-40H. The largest absolute Gasteiger partial charge is 0.309 e. The van der Waals surface area contributed by atoms with Crippen LogP contribution in [0.5, 0.6) is 0 Å². The Labute approximate surface area is 397 Å². The number of rotatable bonds is 8. The Balaban J connectivity index is 1.07. The van der Waals surface area contributed by atoms with Crippen LogP contribution >= 0.6 is 11.3 Å². The Morgan fingerprint density at radius 2 is 0.779 bits per heavy atom. The first-order chi connectivity index (χ1) is 33.7. The number of fused-ring (bicyclic) bond motifs is 7. The van der Waals surface area contributed by atoms with E-state index in [1.807, 2.05) is 47.7 Å². The van der Waals surface area contributed by atoms with Crippen LogP contribution in [-0.2, 0) is 0 Å². The lowest BCUT2D eigenvalue weighted by Gasteiger charge is -2.16. The SMILES string of the molecule is c1ccc(-c2cc(-c3ccccc3)cc(-c3ccc(-c4ccc5sc6ccc7c(c8ccccc8n7-c7ccccc7)c6c5c4)c(-c4nc(-c5ccccc5)nc(-c5ccccc5)n4)c3)c2)cc1. The summed E-state index contributed by atoms with van der Waals surface area (Å²) in [6.07, 6.45) is 0. The Kier molecular flexibility index (Phi) is 9.66. The number of thiophene rings is 1. The third-order valence-electron chi connectivity index (χ3n) is 13.0. The highest BCUT2D eigenvalue weighted by molar-refractivity contribution is 7.26. The first-order valence-corrected chi connectivity index (χ1v) is 23.7. The number of benzene rings is 10. The van der Waals surface area contributed by atoms with Gasteiger partial charge in [-0.3, -0.25) is 0 Å². The van der Waals surface area contributed by atoms with Gasteiger partial charge >= 0.3 is 0 Å². The number of hydrogen-bond acceptors (Lipinski definition) is 4. The summed E-state index contributed by atoms with van der Waals surface area (Å²) in [6, 6.07) is 86.5. The van der Waals surface area contributed by atoms with Gasteiger partial charge in [0.2, 0.25) is 0 Å². The maximum Gasteiger partial charge on any atom is 0.164 e. The summed E-state index contributed by atoms with van der Waals surface area (Å²) in [5.41, 5.74) is 15.3. The van der Waals surface area contributed by atoms with Gasteiger partial charge in [0, 0.05) is 53.3 Å². The molecular formula is C63H40N4S. The van der Waals surface area contributed by atoms with Gasteiger partial charge in [0.05, 0.1) is 11.0 Å². The fourth-order valence-electron chi connectivity index (χ4n) is 9.83. The van der Waals surface area contributed by atoms with Crippen LogP contribution in [0.3, 0.4) is 0 Å². The highest BCUT2D eigenvalue weighted by atomic mass is 32.1. The predicted molar refractivity (Wildman–Crippen MR) is 285 cm³/mol. The zero-order chi connectivity index (χ0) is 45.0. The second-order valence-corrected chi connectivity index (χ2v) is 18.2. The third-order valence-corrected chi connectivity index (χ3v) is 14.2. The summed E-state index contributed by atoms with van der Waals surface area (Å²) < 4.78 is 4.91. The lowest BCUT2D eigenvalue weighted by molar-refractivity contribution is 1.07. The quantitative estimate of drug-likeness (QED) is 0.153. The Hall–Kier alpha value is -8.77. The molecule has 68 heavy (non-hydrogen) atoms. The van der Waals surface area contributed by atoms with Crippen molar-refractivity contribution in [1.29, 1.82) is 0 Å². The van der Waals surface area contributed by atoms with Gasteiger partial charge in [-0.15, -0.1) is 11.3 Å². The maximum absolute atomic E-state index is 5.34. The molecule has 0 unspecified atom stereocenters. The first kappa shape index (κ1) is 39.6. The number of aromatic nitrogens is 4. The zero-order valence-corrected chi connectivity index (χ0v) is 37.6. The minimum absolute atomic E-state index is 0.612. The fraction of sp³-hybridized carbons (Fsp3) is 0. The molecule has 0 aliphatic carbocycles. The van der Waals surface area contributed by atoms with E-state index in [-0.39, 0.29) is 0 Å². The maximum atomic E-state index is 5.34. The molecule has 4 nitrogen and oxygen atoms in total. The molecule has 10 aromatic carbocycles. The third kappa shape index (κ3) is 6.96. The van der Waals surface area contributed by atoms with Crippen molar-refractivity contribution in [1.82, 2.24) is 19.5 Å². The molecule has 0 atom stereocenters. The van der Waals surface area contributed by atoms with Crippen molar-refractivity contribution in [3.63, 3.8) is 0 Å². The van der Waals surface area contributed by atoms with E-state index < -0.39 is 0 Å². The summed E-state index contributed by atoms with van der Waals surface area (Å²) in [7, 11) is 0. The fourth-order valence-corrected chi connectivity index (χ4v) is 10.9. The lowest BCUT2D eigenvalue weighted by atomic mass is 9.90. The Morgan fingerprint density at radius 3 is 1.40 bits per heavy atom. The number of hydrogen-bond donors (Lipinski definition) is 0. The Morgan fingerprint density at radius 1 is 0.279 bits per heavy atom. The lowest BCUT2D eigenvalue weighted by Crippen LogP contribution is -2.01. The average molecular weight is 885 g/mol. The molecule has 3 heterocycles. The van der Waals surface area contributed by atoms with Crippen molar-refractivity contribution in [2.45, 2.75) is 0 Å². The molecule has 0 fully saturated rings. The van der Waals surface area contributed by atoms with Crippen molar-refractivity contribution >= 4 is 53.3 Å². The van der Waals surface area contributed by atoms with Crippen molar-refractivity contribution in [2.75, 3.05) is 0 Å². The van der Waals surface area contributed by atoms with Crippen LogP contribution < -0.4 is 0 Å². The molecule has 0 aliphatic rings. The molecule has 0 amide bonds. The van der Waals surface area contributed by atoms with Crippen LogP contribution in [0.4, 0.5) is 0 Å². The van der Waals surface area contributed by atoms with Gasteiger partial charge in [-0.2, -0.15) is 0 Å². The van der Waals surface area contributed by atoms with Gasteiger partial charge < -0.3 is 4.57 Å². The van der Waals surface area contributed by atoms with E-state index in [0.29, 0.717) is 17.5 Å². The second kappa shape index (κ2) is 16.6. The van der Waals surface area contributed by atoms with Gasteiger partial charge in [0.25, 0.3) is 0 Å². The molecule has 0 bridgehead atoms. The molecule has 3 aromatic heterocycles. The van der Waals surface area contributed by atoms with E-state index >= 15 is 0 Å². The van der Waals surface area contributed by atoms with Gasteiger partial charge in [-0.25, -0.2) is 15.0 Å². The number of para-hydroxylation sites is 2. The summed E-state index contributed by atoms with van der Waals surface area (Å²) in [6.45, 7) is 0. The zero-order valence-electron chi connectivity index (χ0n) is 36.8. The van der Waals surface area contributed by atoms with Gasteiger partial charge in [0.1, 0.15) is 0 Å². The van der Waals surface area contributed by atoms with Gasteiger partial charge in [-0.05, 0) is 111 Å². The molecular weight excluding hydrogens is 845 g/mol. The van der Waals surface area contributed by atoms with Crippen molar-refractivity contribution in [2.24, 2.45) is 0 Å². The monoisotopic (exact) mass is 884 g/mol.